The van der Waals surface area contributed by atoms with Crippen LogP contribution in [-0.2, 0) is 4.74 Å². The molecule has 0 bridgehead atoms. The molecular formula is C6H10N2O2. The molecular weight excluding hydrogens is 132 g/mol. The molecule has 4 nitrogen and oxygen atoms in total. The van der Waals surface area contributed by atoms with Gasteiger partial charge in [0.25, 0.3) is 0 Å². The summed E-state index contributed by atoms with van der Waals surface area (Å²) in [4.78, 5) is 9.00. The number of carbonyl (C=O) groups is 1. The van der Waals surface area contributed by atoms with Gasteiger partial charge < -0.3 is 16.2 Å². The number of urea groups is 1. The van der Waals surface area contributed by atoms with Gasteiger partial charge in [-0.1, -0.05) is 0 Å². The summed E-state index contributed by atoms with van der Waals surface area (Å²) in [5.74, 6) is 2.03. The Kier molecular flexibility index (Phi) is 1.80. The number of fused-ring (bicyclic) bond motifs is 1. The molecule has 1 fully saturated rings. The number of carbonyl (C=O) groups excluding carboxylic acids is 1. The highest BCUT2D eigenvalue weighted by atomic mass is 16.5. The molecule has 2 rings (SSSR count). The van der Waals surface area contributed by atoms with Gasteiger partial charge in [0.1, 0.15) is 0 Å². The summed E-state index contributed by atoms with van der Waals surface area (Å²) in [6.07, 6.45) is 3.42. The average molecular weight is 142 g/mol. The van der Waals surface area contributed by atoms with Crippen molar-refractivity contribution < 1.29 is 9.53 Å². The van der Waals surface area contributed by atoms with Crippen LogP contribution in [0.25, 0.3) is 0 Å². The van der Waals surface area contributed by atoms with Crippen LogP contribution in [0.15, 0.2) is 11.8 Å². The zero-order valence-corrected chi connectivity index (χ0v) is 5.54. The fraction of sp³-hybridized carbons (Fsp3) is 0.500. The molecule has 1 saturated heterocycles. The number of ether oxygens (including phenoxy) is 1. The molecule has 1 aliphatic carbocycles. The molecule has 56 valence electrons. The molecule has 0 saturated carbocycles. The topological polar surface area (TPSA) is 78.3 Å². The van der Waals surface area contributed by atoms with Gasteiger partial charge in [0.05, 0.1) is 12.4 Å². The number of amides is 2. The van der Waals surface area contributed by atoms with Gasteiger partial charge in [0.15, 0.2) is 0 Å². The van der Waals surface area contributed by atoms with Crippen LogP contribution in [0.1, 0.15) is 6.42 Å². The molecule has 0 aromatic carbocycles. The van der Waals surface area contributed by atoms with Crippen LogP contribution in [0.2, 0.25) is 0 Å². The van der Waals surface area contributed by atoms with Crippen molar-refractivity contribution in [3.8, 4) is 0 Å². The number of nitrogens with two attached hydrogens (primary N) is 2. The summed E-state index contributed by atoms with van der Waals surface area (Å²) < 4.78 is 5.09. The number of allylic oxidation sites excluding steroid dienone is 2. The lowest BCUT2D eigenvalue weighted by atomic mass is 10.3. The summed E-state index contributed by atoms with van der Waals surface area (Å²) in [6.45, 7) is 0.969. The van der Waals surface area contributed by atoms with E-state index < -0.39 is 6.03 Å². The minimum Gasteiger partial charge on any atom is -0.498 e. The van der Waals surface area contributed by atoms with E-state index in [9.17, 15) is 0 Å². The largest absolute Gasteiger partial charge is 0.498 e. The Hall–Kier alpha value is -1.19. The van der Waals surface area contributed by atoms with Gasteiger partial charge >= 0.3 is 6.03 Å². The molecule has 0 aromatic rings. The lowest BCUT2D eigenvalue weighted by Gasteiger charge is -1.83. The van der Waals surface area contributed by atoms with E-state index in [-0.39, 0.29) is 0 Å². The maximum Gasteiger partial charge on any atom is 0.309 e. The van der Waals surface area contributed by atoms with E-state index in [1.54, 1.807) is 0 Å². The standard InChI is InChI=1S/C5H6O.CH4N2O/c1-2-6-5-3-4(1)5;2-1(3)4/h3-4H,1-2H2;(H4,2,3,4). The minimum absolute atomic E-state index is 0.782. The molecule has 1 unspecified atom stereocenters. The van der Waals surface area contributed by atoms with Crippen molar-refractivity contribution in [2.24, 2.45) is 17.4 Å². The quantitative estimate of drug-likeness (QED) is 0.497. The van der Waals surface area contributed by atoms with Crippen LogP contribution in [0.4, 0.5) is 4.79 Å². The third-order valence-corrected chi connectivity index (χ3v) is 1.32. The average Bonchev–Trinajstić information content (AvgIpc) is 2.40. The molecule has 0 radical (unpaired) electrons. The molecule has 4 heteroatoms. The Balaban J connectivity index is 0.000000112. The third kappa shape index (κ3) is 1.97. The predicted octanol–water partition coefficient (Wildman–Crippen LogP) is -0.0558. The summed E-state index contributed by atoms with van der Waals surface area (Å²) in [5, 5.41) is 0. The van der Waals surface area contributed by atoms with E-state index >= 15 is 0 Å². The second-order valence-corrected chi connectivity index (χ2v) is 2.22. The molecule has 10 heavy (non-hydrogen) atoms. The van der Waals surface area contributed by atoms with Gasteiger partial charge in [-0.25, -0.2) is 4.79 Å². The van der Waals surface area contributed by atoms with E-state index in [0.717, 1.165) is 12.5 Å². The first kappa shape index (κ1) is 6.92. The zero-order chi connectivity index (χ0) is 7.56. The first-order valence-electron chi connectivity index (χ1n) is 3.09. The molecule has 1 aliphatic heterocycles. The Morgan fingerprint density at radius 1 is 1.70 bits per heavy atom. The second kappa shape index (κ2) is 2.60. The smallest absolute Gasteiger partial charge is 0.309 e. The van der Waals surface area contributed by atoms with Gasteiger partial charge in [-0.3, -0.25) is 0 Å². The van der Waals surface area contributed by atoms with E-state index in [1.165, 1.54) is 12.2 Å². The van der Waals surface area contributed by atoms with Crippen LogP contribution in [-0.4, -0.2) is 12.6 Å². The van der Waals surface area contributed by atoms with E-state index in [1.807, 2.05) is 0 Å². The minimum atomic E-state index is -0.833. The van der Waals surface area contributed by atoms with E-state index in [4.69, 9.17) is 9.53 Å². The molecule has 1 atom stereocenters. The molecule has 1 heterocycles. The second-order valence-electron chi connectivity index (χ2n) is 2.22. The van der Waals surface area contributed by atoms with Crippen molar-refractivity contribution in [3.63, 3.8) is 0 Å². The first-order chi connectivity index (χ1) is 4.70. The fourth-order valence-corrected chi connectivity index (χ4v) is 0.835. The molecule has 2 aliphatic rings. The molecule has 0 spiro atoms. The number of rotatable bonds is 0. The summed E-state index contributed by atoms with van der Waals surface area (Å²) >= 11 is 0. The lowest BCUT2D eigenvalue weighted by molar-refractivity contribution is 0.256. The Morgan fingerprint density at radius 3 is 2.40 bits per heavy atom. The van der Waals surface area contributed by atoms with E-state index in [0.29, 0.717) is 0 Å². The van der Waals surface area contributed by atoms with Gasteiger partial charge in [0.2, 0.25) is 0 Å². The van der Waals surface area contributed by atoms with Crippen molar-refractivity contribution in [2.45, 2.75) is 6.42 Å². The van der Waals surface area contributed by atoms with Gasteiger partial charge in [-0.15, -0.1) is 0 Å². The maximum absolute atomic E-state index is 9.00. The third-order valence-electron chi connectivity index (χ3n) is 1.32. The van der Waals surface area contributed by atoms with E-state index in [2.05, 4.69) is 17.5 Å². The predicted molar refractivity (Wildman–Crippen MR) is 35.9 cm³/mol. The number of hydrogen-bond donors (Lipinski definition) is 2. The monoisotopic (exact) mass is 142 g/mol. The van der Waals surface area contributed by atoms with Crippen LogP contribution >= 0.6 is 0 Å². The normalized spacial score (nSPS) is 24.8. The van der Waals surface area contributed by atoms with Crippen LogP contribution in [0.5, 0.6) is 0 Å². The van der Waals surface area contributed by atoms with Crippen molar-refractivity contribution in [1.29, 1.82) is 0 Å². The summed E-state index contributed by atoms with van der Waals surface area (Å²) in [5.41, 5.74) is 8.50. The Labute approximate surface area is 58.8 Å². The Morgan fingerprint density at radius 2 is 2.30 bits per heavy atom. The molecule has 2 amide bonds. The van der Waals surface area contributed by atoms with Crippen LogP contribution in [0, 0.1) is 5.92 Å². The first-order valence-corrected chi connectivity index (χ1v) is 3.09. The highest BCUT2D eigenvalue weighted by Crippen LogP contribution is 2.38. The van der Waals surface area contributed by atoms with Crippen LogP contribution in [0.3, 0.4) is 0 Å². The molecule has 0 aromatic heterocycles. The summed E-state index contributed by atoms with van der Waals surface area (Å²) in [6, 6.07) is -0.833. The highest BCUT2D eigenvalue weighted by molar-refractivity contribution is 5.69. The Bertz CT molecular complexity index is 173. The molecule has 4 N–H and O–H groups in total. The number of primary amides is 2. The summed E-state index contributed by atoms with van der Waals surface area (Å²) in [7, 11) is 0. The SMILES string of the molecule is C1=C2OCCC12.NC(N)=O. The van der Waals surface area contributed by atoms with Gasteiger partial charge in [0, 0.05) is 5.92 Å². The lowest BCUT2D eigenvalue weighted by Crippen LogP contribution is -2.18. The van der Waals surface area contributed by atoms with Crippen molar-refractivity contribution in [1.82, 2.24) is 0 Å². The van der Waals surface area contributed by atoms with Crippen molar-refractivity contribution in [3.05, 3.63) is 11.8 Å². The van der Waals surface area contributed by atoms with Crippen molar-refractivity contribution in [2.75, 3.05) is 6.61 Å². The highest BCUT2D eigenvalue weighted by Gasteiger charge is 2.31. The van der Waals surface area contributed by atoms with Gasteiger partial charge in [-0.2, -0.15) is 0 Å². The fourth-order valence-electron chi connectivity index (χ4n) is 0.835. The van der Waals surface area contributed by atoms with Crippen molar-refractivity contribution >= 4 is 6.03 Å². The zero-order valence-electron chi connectivity index (χ0n) is 5.54. The number of hydrogen-bond acceptors (Lipinski definition) is 2. The van der Waals surface area contributed by atoms with Crippen LogP contribution < -0.4 is 11.5 Å². The maximum atomic E-state index is 9.00. The van der Waals surface area contributed by atoms with Gasteiger partial charge in [-0.05, 0) is 12.5 Å².